The summed E-state index contributed by atoms with van der Waals surface area (Å²) < 4.78 is 11.3. The van der Waals surface area contributed by atoms with Crippen LogP contribution >= 0.6 is 0 Å². The number of hydrogen-bond donors (Lipinski definition) is 0. The Morgan fingerprint density at radius 3 is 2.08 bits per heavy atom. The van der Waals surface area contributed by atoms with Crippen molar-refractivity contribution in [2.75, 3.05) is 13.2 Å². The monoisotopic (exact) mass is 329 g/mol. The van der Waals surface area contributed by atoms with Crippen LogP contribution in [0.1, 0.15) is 46.4 Å². The van der Waals surface area contributed by atoms with Crippen molar-refractivity contribution in [3.8, 4) is 11.3 Å². The molecule has 6 heteroatoms. The van der Waals surface area contributed by atoms with Crippen molar-refractivity contribution in [3.05, 3.63) is 47.7 Å². The van der Waals surface area contributed by atoms with Gasteiger partial charge in [0.2, 0.25) is 5.91 Å². The molecule has 6 nitrogen and oxygen atoms in total. The molecule has 0 fully saturated rings. The van der Waals surface area contributed by atoms with Crippen LogP contribution in [-0.4, -0.2) is 35.6 Å². The summed E-state index contributed by atoms with van der Waals surface area (Å²) >= 11 is 0. The van der Waals surface area contributed by atoms with E-state index in [1.807, 2.05) is 6.07 Å². The molecule has 2 aromatic rings. The number of rotatable bonds is 5. The maximum atomic E-state index is 12.3. The molecule has 0 atom stereocenters. The molecule has 0 bridgehead atoms. The molecule has 0 radical (unpaired) electrons. The van der Waals surface area contributed by atoms with Crippen LogP contribution in [0.4, 0.5) is 0 Å². The second-order valence-corrected chi connectivity index (χ2v) is 4.95. The lowest BCUT2D eigenvalue weighted by Gasteiger charge is -2.10. The normalized spacial score (nSPS) is 10.3. The molecule has 0 amide bonds. The van der Waals surface area contributed by atoms with Gasteiger partial charge in [0, 0.05) is 6.92 Å². The van der Waals surface area contributed by atoms with Crippen LogP contribution in [0.5, 0.6) is 0 Å². The highest BCUT2D eigenvalue weighted by Crippen LogP contribution is 2.29. The lowest BCUT2D eigenvalue weighted by atomic mass is 10.1. The lowest BCUT2D eigenvalue weighted by molar-refractivity contribution is 0.0508. The largest absolute Gasteiger partial charge is 0.462 e. The van der Waals surface area contributed by atoms with E-state index in [0.717, 1.165) is 0 Å². The molecule has 0 spiro atoms. The first kappa shape index (κ1) is 17.5. The first-order valence-corrected chi connectivity index (χ1v) is 7.67. The minimum absolute atomic E-state index is 0.00579. The van der Waals surface area contributed by atoms with Gasteiger partial charge in [-0.3, -0.25) is 9.36 Å². The molecule has 24 heavy (non-hydrogen) atoms. The Hall–Kier alpha value is -2.89. The molecule has 0 saturated carbocycles. The van der Waals surface area contributed by atoms with E-state index in [1.54, 1.807) is 38.1 Å². The third-order valence-electron chi connectivity index (χ3n) is 3.34. The van der Waals surface area contributed by atoms with Crippen molar-refractivity contribution >= 4 is 17.8 Å². The van der Waals surface area contributed by atoms with E-state index in [4.69, 9.17) is 9.47 Å². The molecule has 0 aliphatic rings. The highest BCUT2D eigenvalue weighted by molar-refractivity contribution is 6.05. The fourth-order valence-electron chi connectivity index (χ4n) is 2.44. The minimum Gasteiger partial charge on any atom is -0.462 e. The number of nitrogens with zero attached hydrogens (tertiary/aromatic N) is 1. The molecule has 0 aliphatic carbocycles. The van der Waals surface area contributed by atoms with Crippen LogP contribution in [0.25, 0.3) is 11.3 Å². The molecule has 2 rings (SSSR count). The topological polar surface area (TPSA) is 74.6 Å². The van der Waals surface area contributed by atoms with Crippen molar-refractivity contribution in [3.63, 3.8) is 0 Å². The van der Waals surface area contributed by atoms with Crippen LogP contribution in [-0.2, 0) is 9.47 Å². The summed E-state index contributed by atoms with van der Waals surface area (Å²) in [6.07, 6.45) is 0. The standard InChI is InChI=1S/C18H19NO5/c1-4-23-17(21)14-11-15(18(22)24-5-2)19(12(3)20)16(14)13-9-7-6-8-10-13/h6-11H,4-5H2,1-3H3. The van der Waals surface area contributed by atoms with Crippen molar-refractivity contribution in [2.45, 2.75) is 20.8 Å². The Kier molecular flexibility index (Phi) is 5.52. The van der Waals surface area contributed by atoms with Crippen LogP contribution < -0.4 is 0 Å². The average Bonchev–Trinajstić information content (AvgIpc) is 2.97. The van der Waals surface area contributed by atoms with Gasteiger partial charge in [0.25, 0.3) is 0 Å². The van der Waals surface area contributed by atoms with Gasteiger partial charge in [0.1, 0.15) is 5.69 Å². The molecule has 126 valence electrons. The van der Waals surface area contributed by atoms with E-state index in [0.29, 0.717) is 11.3 Å². The summed E-state index contributed by atoms with van der Waals surface area (Å²) in [7, 11) is 0. The van der Waals surface area contributed by atoms with Gasteiger partial charge in [-0.2, -0.15) is 0 Å². The van der Waals surface area contributed by atoms with Crippen LogP contribution in [0, 0.1) is 0 Å². The molecule has 1 aromatic carbocycles. The predicted octanol–water partition coefficient (Wildman–Crippen LogP) is 3.17. The first-order chi connectivity index (χ1) is 11.5. The van der Waals surface area contributed by atoms with E-state index >= 15 is 0 Å². The van der Waals surface area contributed by atoms with E-state index in [2.05, 4.69) is 0 Å². The van der Waals surface area contributed by atoms with E-state index in [-0.39, 0.29) is 24.5 Å². The molecular formula is C18H19NO5. The maximum absolute atomic E-state index is 12.3. The molecule has 0 N–H and O–H groups in total. The number of benzene rings is 1. The van der Waals surface area contributed by atoms with Crippen molar-refractivity contribution in [1.82, 2.24) is 4.57 Å². The zero-order valence-electron chi connectivity index (χ0n) is 13.9. The number of hydrogen-bond acceptors (Lipinski definition) is 5. The Labute approximate surface area is 140 Å². The van der Waals surface area contributed by atoms with Gasteiger partial charge in [-0.25, -0.2) is 9.59 Å². The molecular weight excluding hydrogens is 310 g/mol. The predicted molar refractivity (Wildman–Crippen MR) is 88.1 cm³/mol. The molecule has 0 unspecified atom stereocenters. The first-order valence-electron chi connectivity index (χ1n) is 7.67. The fraction of sp³-hybridized carbons (Fsp3) is 0.278. The SMILES string of the molecule is CCOC(=O)c1cc(C(=O)OCC)n(C(C)=O)c1-c1ccccc1. The Morgan fingerprint density at radius 1 is 0.958 bits per heavy atom. The third kappa shape index (κ3) is 3.37. The maximum Gasteiger partial charge on any atom is 0.355 e. The summed E-state index contributed by atoms with van der Waals surface area (Å²) in [6.45, 7) is 5.03. The number of aromatic nitrogens is 1. The molecule has 1 heterocycles. The minimum atomic E-state index is -0.666. The highest BCUT2D eigenvalue weighted by atomic mass is 16.5. The van der Waals surface area contributed by atoms with Gasteiger partial charge in [-0.1, -0.05) is 30.3 Å². The summed E-state index contributed by atoms with van der Waals surface area (Å²) in [5.41, 5.74) is 1.11. The van der Waals surface area contributed by atoms with Crippen molar-refractivity contribution in [1.29, 1.82) is 0 Å². The van der Waals surface area contributed by atoms with Crippen molar-refractivity contribution in [2.24, 2.45) is 0 Å². The number of carbonyl (C=O) groups excluding carboxylic acids is 3. The highest BCUT2D eigenvalue weighted by Gasteiger charge is 2.28. The van der Waals surface area contributed by atoms with Crippen LogP contribution in [0.15, 0.2) is 36.4 Å². The second-order valence-electron chi connectivity index (χ2n) is 4.95. The summed E-state index contributed by atoms with van der Waals surface area (Å²) in [5.74, 6) is -1.66. The van der Waals surface area contributed by atoms with Gasteiger partial charge >= 0.3 is 11.9 Å². The molecule has 1 aromatic heterocycles. The Morgan fingerprint density at radius 2 is 1.54 bits per heavy atom. The summed E-state index contributed by atoms with van der Waals surface area (Å²) in [6, 6.07) is 10.2. The van der Waals surface area contributed by atoms with E-state index in [9.17, 15) is 14.4 Å². The number of esters is 2. The quantitative estimate of drug-likeness (QED) is 0.788. The van der Waals surface area contributed by atoms with Crippen molar-refractivity contribution < 1.29 is 23.9 Å². The van der Waals surface area contributed by atoms with Gasteiger partial charge in [0.05, 0.1) is 24.5 Å². The molecule has 0 saturated heterocycles. The zero-order chi connectivity index (χ0) is 17.7. The number of ether oxygens (including phenoxy) is 2. The van der Waals surface area contributed by atoms with E-state index < -0.39 is 17.8 Å². The van der Waals surface area contributed by atoms with Gasteiger partial charge < -0.3 is 9.47 Å². The van der Waals surface area contributed by atoms with Gasteiger partial charge in [0.15, 0.2) is 0 Å². The third-order valence-corrected chi connectivity index (χ3v) is 3.34. The lowest BCUT2D eigenvalue weighted by Crippen LogP contribution is -2.17. The van der Waals surface area contributed by atoms with Crippen LogP contribution in [0.3, 0.4) is 0 Å². The molecule has 0 aliphatic heterocycles. The van der Waals surface area contributed by atoms with Gasteiger partial charge in [-0.05, 0) is 25.5 Å². The van der Waals surface area contributed by atoms with Gasteiger partial charge in [-0.15, -0.1) is 0 Å². The smallest absolute Gasteiger partial charge is 0.355 e. The zero-order valence-corrected chi connectivity index (χ0v) is 13.9. The number of carbonyl (C=O) groups is 3. The second kappa shape index (κ2) is 7.59. The Bertz CT molecular complexity index is 761. The summed E-state index contributed by atoms with van der Waals surface area (Å²) in [4.78, 5) is 36.7. The summed E-state index contributed by atoms with van der Waals surface area (Å²) in [5, 5.41) is 0. The average molecular weight is 329 g/mol. The fourth-order valence-corrected chi connectivity index (χ4v) is 2.44. The Balaban J connectivity index is 2.74. The van der Waals surface area contributed by atoms with Crippen LogP contribution in [0.2, 0.25) is 0 Å². The van der Waals surface area contributed by atoms with E-state index in [1.165, 1.54) is 17.6 Å².